The Morgan fingerprint density at radius 2 is 2.09 bits per heavy atom. The quantitative estimate of drug-likeness (QED) is 0.552. The lowest BCUT2D eigenvalue weighted by Crippen LogP contribution is -2.50. The predicted octanol–water partition coefficient (Wildman–Crippen LogP) is 4.53. The molecule has 4 rings (SSSR count). The molecule has 2 aliphatic heterocycles. The second-order valence-corrected chi connectivity index (χ2v) is 10.7. The minimum Gasteiger partial charge on any atom is -0.491 e. The maximum Gasteiger partial charge on any atom is 0.242 e. The number of amides is 2. The lowest BCUT2D eigenvalue weighted by molar-refractivity contribution is -0.145. The molecule has 0 saturated carbocycles. The molecule has 0 radical (unpaired) electrons. The summed E-state index contributed by atoms with van der Waals surface area (Å²) in [4.78, 5) is 31.5. The van der Waals surface area contributed by atoms with E-state index in [-0.39, 0.29) is 36.4 Å². The zero-order valence-corrected chi connectivity index (χ0v) is 21.5. The molecule has 2 unspecified atom stereocenters. The van der Waals surface area contributed by atoms with Crippen molar-refractivity contribution in [3.63, 3.8) is 0 Å². The van der Waals surface area contributed by atoms with E-state index in [4.69, 9.17) is 9.47 Å². The monoisotopic (exact) mass is 484 g/mol. The van der Waals surface area contributed by atoms with Crippen molar-refractivity contribution in [2.75, 3.05) is 32.8 Å². The Bertz CT molecular complexity index is 1010. The zero-order chi connectivity index (χ0) is 24.2. The average molecular weight is 485 g/mol. The van der Waals surface area contributed by atoms with Gasteiger partial charge in [-0.3, -0.25) is 9.59 Å². The van der Waals surface area contributed by atoms with Crippen LogP contribution in [0.2, 0.25) is 0 Å². The third-order valence-electron chi connectivity index (χ3n) is 6.72. The number of benzene rings is 1. The number of aryl methyl sites for hydroxylation is 2. The van der Waals surface area contributed by atoms with Gasteiger partial charge in [0.15, 0.2) is 0 Å². The van der Waals surface area contributed by atoms with Crippen LogP contribution in [-0.2, 0) is 20.7 Å². The molecule has 184 valence electrons. The van der Waals surface area contributed by atoms with Crippen LogP contribution in [0.5, 0.6) is 5.75 Å². The molecule has 7 heteroatoms. The Kier molecular flexibility index (Phi) is 7.94. The van der Waals surface area contributed by atoms with Crippen LogP contribution >= 0.6 is 11.3 Å². The van der Waals surface area contributed by atoms with Gasteiger partial charge in [0.25, 0.3) is 0 Å². The van der Waals surface area contributed by atoms with Gasteiger partial charge in [0, 0.05) is 30.5 Å². The van der Waals surface area contributed by atoms with Crippen LogP contribution in [0.25, 0.3) is 0 Å². The predicted molar refractivity (Wildman–Crippen MR) is 134 cm³/mol. The van der Waals surface area contributed by atoms with Crippen molar-refractivity contribution in [2.45, 2.75) is 59.1 Å². The first-order valence-corrected chi connectivity index (χ1v) is 13.2. The third kappa shape index (κ3) is 5.63. The summed E-state index contributed by atoms with van der Waals surface area (Å²) in [5, 5.41) is 2.09. The van der Waals surface area contributed by atoms with Gasteiger partial charge in [-0.1, -0.05) is 31.5 Å². The number of hydrogen-bond donors (Lipinski definition) is 0. The smallest absolute Gasteiger partial charge is 0.242 e. The fraction of sp³-hybridized carbons (Fsp3) is 0.556. The van der Waals surface area contributed by atoms with E-state index in [0.717, 1.165) is 42.7 Å². The summed E-state index contributed by atoms with van der Waals surface area (Å²) < 4.78 is 12.0. The first-order chi connectivity index (χ1) is 16.3. The normalized spacial score (nSPS) is 19.9. The summed E-state index contributed by atoms with van der Waals surface area (Å²) in [6, 6.07) is 8.10. The molecular weight excluding hydrogens is 448 g/mol. The topological polar surface area (TPSA) is 59.1 Å². The van der Waals surface area contributed by atoms with Gasteiger partial charge < -0.3 is 19.3 Å². The summed E-state index contributed by atoms with van der Waals surface area (Å²) in [7, 11) is 0. The number of hydrogen-bond acceptors (Lipinski definition) is 5. The molecule has 6 nitrogen and oxygen atoms in total. The summed E-state index contributed by atoms with van der Waals surface area (Å²) in [6.45, 7) is 10.2. The van der Waals surface area contributed by atoms with E-state index >= 15 is 0 Å². The Morgan fingerprint density at radius 3 is 2.79 bits per heavy atom. The molecule has 1 saturated heterocycles. The van der Waals surface area contributed by atoms with Crippen LogP contribution in [0.4, 0.5) is 0 Å². The van der Waals surface area contributed by atoms with Crippen molar-refractivity contribution in [1.29, 1.82) is 0 Å². The molecule has 3 heterocycles. The molecule has 2 aliphatic rings. The first kappa shape index (κ1) is 24.7. The minimum atomic E-state index is -0.165. The Morgan fingerprint density at radius 1 is 1.26 bits per heavy atom. The standard InChI is InChI=1S/C27H36N2O4S/c1-18(2)27(31)28(15-21-6-5-12-32-21)16-26(30)29-11-9-25-22(10-13-34-25)23(29)17-33-24-8-7-19(3)14-20(24)4/h7-8,10,13-14,18,21,23H,5-6,9,11-12,15-17H2,1-4H3. The van der Waals surface area contributed by atoms with Gasteiger partial charge in [0.1, 0.15) is 12.4 Å². The average Bonchev–Trinajstić information content (AvgIpc) is 3.49. The van der Waals surface area contributed by atoms with Crippen molar-refractivity contribution in [3.8, 4) is 5.75 Å². The number of thiophene rings is 1. The van der Waals surface area contributed by atoms with Crippen molar-refractivity contribution >= 4 is 23.2 Å². The number of carbonyl (C=O) groups excluding carboxylic acids is 2. The lowest BCUT2D eigenvalue weighted by Gasteiger charge is -2.37. The second kappa shape index (κ2) is 10.9. The van der Waals surface area contributed by atoms with Crippen LogP contribution in [0.3, 0.4) is 0 Å². The molecule has 2 atom stereocenters. The molecule has 0 spiro atoms. The van der Waals surface area contributed by atoms with Gasteiger partial charge in [-0.2, -0.15) is 0 Å². The molecule has 1 aromatic heterocycles. The van der Waals surface area contributed by atoms with Crippen LogP contribution in [0, 0.1) is 19.8 Å². The van der Waals surface area contributed by atoms with Crippen LogP contribution in [0.15, 0.2) is 29.6 Å². The number of carbonyl (C=O) groups is 2. The molecule has 0 N–H and O–H groups in total. The van der Waals surface area contributed by atoms with Crippen molar-refractivity contribution in [2.24, 2.45) is 5.92 Å². The largest absolute Gasteiger partial charge is 0.491 e. The SMILES string of the molecule is Cc1ccc(OCC2c3ccsc3CCN2C(=O)CN(CC2CCCO2)C(=O)C(C)C)c(C)c1. The molecule has 1 aromatic carbocycles. The molecule has 2 amide bonds. The van der Waals surface area contributed by atoms with Crippen LogP contribution < -0.4 is 4.74 Å². The van der Waals surface area contributed by atoms with E-state index in [0.29, 0.717) is 19.7 Å². The molecule has 1 fully saturated rings. The van der Waals surface area contributed by atoms with E-state index in [1.54, 1.807) is 16.2 Å². The van der Waals surface area contributed by atoms with E-state index in [1.807, 2.05) is 37.8 Å². The highest BCUT2D eigenvalue weighted by Gasteiger charge is 2.34. The van der Waals surface area contributed by atoms with E-state index < -0.39 is 0 Å². The molecule has 2 aromatic rings. The Labute approximate surface area is 206 Å². The molecule has 0 bridgehead atoms. The van der Waals surface area contributed by atoms with E-state index in [9.17, 15) is 9.59 Å². The van der Waals surface area contributed by atoms with Gasteiger partial charge in [0.2, 0.25) is 11.8 Å². The molecule has 0 aliphatic carbocycles. The van der Waals surface area contributed by atoms with Gasteiger partial charge in [-0.05, 0) is 61.7 Å². The highest BCUT2D eigenvalue weighted by atomic mass is 32.1. The van der Waals surface area contributed by atoms with Gasteiger partial charge in [0.05, 0.1) is 18.7 Å². The van der Waals surface area contributed by atoms with Crippen molar-refractivity contribution in [3.05, 3.63) is 51.2 Å². The minimum absolute atomic E-state index is 0.000150. The number of ether oxygens (including phenoxy) is 2. The molecular formula is C27H36N2O4S. The summed E-state index contributed by atoms with van der Waals surface area (Å²) in [5.41, 5.74) is 3.44. The summed E-state index contributed by atoms with van der Waals surface area (Å²) in [6.07, 6.45) is 2.80. The van der Waals surface area contributed by atoms with Crippen LogP contribution in [-0.4, -0.2) is 60.6 Å². The first-order valence-electron chi connectivity index (χ1n) is 12.3. The fourth-order valence-electron chi connectivity index (χ4n) is 4.89. The second-order valence-electron chi connectivity index (χ2n) is 9.74. The third-order valence-corrected chi connectivity index (χ3v) is 7.72. The number of fused-ring (bicyclic) bond motifs is 1. The number of rotatable bonds is 8. The number of nitrogens with zero attached hydrogens (tertiary/aromatic N) is 2. The van der Waals surface area contributed by atoms with Crippen molar-refractivity contribution < 1.29 is 19.1 Å². The molecule has 34 heavy (non-hydrogen) atoms. The highest BCUT2D eigenvalue weighted by molar-refractivity contribution is 7.10. The zero-order valence-electron chi connectivity index (χ0n) is 20.7. The van der Waals surface area contributed by atoms with Gasteiger partial charge in [-0.25, -0.2) is 0 Å². The van der Waals surface area contributed by atoms with E-state index in [1.165, 1.54) is 10.4 Å². The maximum atomic E-state index is 13.6. The summed E-state index contributed by atoms with van der Waals surface area (Å²) in [5.74, 6) is 0.649. The van der Waals surface area contributed by atoms with Crippen molar-refractivity contribution in [1.82, 2.24) is 9.80 Å². The van der Waals surface area contributed by atoms with Crippen LogP contribution in [0.1, 0.15) is 54.3 Å². The van der Waals surface area contributed by atoms with Gasteiger partial charge in [-0.15, -0.1) is 11.3 Å². The van der Waals surface area contributed by atoms with Gasteiger partial charge >= 0.3 is 0 Å². The van der Waals surface area contributed by atoms with E-state index in [2.05, 4.69) is 24.4 Å². The Hall–Kier alpha value is -2.38. The Balaban J connectivity index is 1.51. The maximum absolute atomic E-state index is 13.6. The highest BCUT2D eigenvalue weighted by Crippen LogP contribution is 2.34. The lowest BCUT2D eigenvalue weighted by atomic mass is 10.00. The fourth-order valence-corrected chi connectivity index (χ4v) is 5.82. The summed E-state index contributed by atoms with van der Waals surface area (Å²) >= 11 is 1.74.